The second-order valence-corrected chi connectivity index (χ2v) is 4.90. The van der Waals surface area contributed by atoms with Gasteiger partial charge in [0.15, 0.2) is 0 Å². The highest BCUT2D eigenvalue weighted by Gasteiger charge is 2.26. The zero-order valence-corrected chi connectivity index (χ0v) is 10.2. The Bertz CT molecular complexity index is 357. The number of likely N-dealkylation sites (tertiary alicyclic amines) is 1. The van der Waals surface area contributed by atoms with Crippen LogP contribution in [0.4, 0.5) is 0 Å². The zero-order valence-electron chi connectivity index (χ0n) is 9.43. The van der Waals surface area contributed by atoms with E-state index < -0.39 is 0 Å². The van der Waals surface area contributed by atoms with Gasteiger partial charge in [-0.1, -0.05) is 11.6 Å². The summed E-state index contributed by atoms with van der Waals surface area (Å²) in [5, 5.41) is 10.3. The Morgan fingerprint density at radius 3 is 3.12 bits per heavy atom. The Kier molecular flexibility index (Phi) is 3.79. The molecule has 1 aliphatic heterocycles. The molecular weight excluding hydrogens is 224 g/mol. The molecular formula is C12H17ClN2O. The Balaban J connectivity index is 1.95. The lowest BCUT2D eigenvalue weighted by molar-refractivity contribution is 0.127. The van der Waals surface area contributed by atoms with Gasteiger partial charge in [0.25, 0.3) is 0 Å². The van der Waals surface area contributed by atoms with Crippen molar-refractivity contribution in [3.63, 3.8) is 0 Å². The van der Waals surface area contributed by atoms with Crippen molar-refractivity contribution >= 4 is 11.6 Å². The smallest absolute Gasteiger partial charge is 0.0634 e. The van der Waals surface area contributed by atoms with Crippen molar-refractivity contribution in [1.82, 2.24) is 9.88 Å². The van der Waals surface area contributed by atoms with Gasteiger partial charge in [-0.15, -0.1) is 0 Å². The summed E-state index contributed by atoms with van der Waals surface area (Å²) >= 11 is 6.06. The van der Waals surface area contributed by atoms with Crippen LogP contribution in [0.3, 0.4) is 0 Å². The van der Waals surface area contributed by atoms with Gasteiger partial charge in [0.1, 0.15) is 0 Å². The van der Waals surface area contributed by atoms with Crippen molar-refractivity contribution in [2.24, 2.45) is 5.92 Å². The maximum Gasteiger partial charge on any atom is 0.0634 e. The molecule has 0 radical (unpaired) electrons. The molecule has 0 bridgehead atoms. The quantitative estimate of drug-likeness (QED) is 0.877. The molecule has 2 unspecified atom stereocenters. The minimum atomic E-state index is -0.210. The molecule has 2 heterocycles. The number of aliphatic hydroxyl groups is 1. The molecule has 1 aromatic rings. The van der Waals surface area contributed by atoms with Crippen LogP contribution in [0.2, 0.25) is 5.02 Å². The predicted octanol–water partition coefficient (Wildman–Crippen LogP) is 1.94. The van der Waals surface area contributed by atoms with E-state index in [1.165, 1.54) is 0 Å². The van der Waals surface area contributed by atoms with Gasteiger partial charge in [0.2, 0.25) is 0 Å². The Hall–Kier alpha value is -0.640. The lowest BCUT2D eigenvalue weighted by Gasteiger charge is -2.17. The standard InChI is InChI=1S/C12H17ClN2O/c1-9(16)10-3-5-15(7-10)8-11-2-4-14-6-12(11)13/h2,4,6,9-10,16H,3,5,7-8H2,1H3. The Labute approximate surface area is 101 Å². The van der Waals surface area contributed by atoms with Crippen molar-refractivity contribution in [2.45, 2.75) is 26.0 Å². The third kappa shape index (κ3) is 2.73. The average molecular weight is 241 g/mol. The van der Waals surface area contributed by atoms with Crippen molar-refractivity contribution < 1.29 is 5.11 Å². The van der Waals surface area contributed by atoms with E-state index in [2.05, 4.69) is 9.88 Å². The van der Waals surface area contributed by atoms with E-state index in [4.69, 9.17) is 11.6 Å². The Morgan fingerprint density at radius 1 is 1.69 bits per heavy atom. The van der Waals surface area contributed by atoms with Gasteiger partial charge in [-0.25, -0.2) is 0 Å². The van der Waals surface area contributed by atoms with Crippen LogP contribution in [0.5, 0.6) is 0 Å². The first-order chi connectivity index (χ1) is 7.66. The molecule has 0 aromatic carbocycles. The first-order valence-corrected chi connectivity index (χ1v) is 6.03. The summed E-state index contributed by atoms with van der Waals surface area (Å²) in [6.45, 7) is 4.71. The molecule has 88 valence electrons. The van der Waals surface area contributed by atoms with Crippen LogP contribution in [0.15, 0.2) is 18.5 Å². The molecule has 3 nitrogen and oxygen atoms in total. The minimum Gasteiger partial charge on any atom is -0.393 e. The first kappa shape index (κ1) is 11.8. The summed E-state index contributed by atoms with van der Waals surface area (Å²) in [7, 11) is 0. The van der Waals surface area contributed by atoms with E-state index >= 15 is 0 Å². The molecule has 1 aliphatic rings. The molecule has 16 heavy (non-hydrogen) atoms. The van der Waals surface area contributed by atoms with Crippen LogP contribution in [-0.2, 0) is 6.54 Å². The predicted molar refractivity (Wildman–Crippen MR) is 64.3 cm³/mol. The number of aromatic nitrogens is 1. The third-order valence-electron chi connectivity index (χ3n) is 3.24. The molecule has 1 fully saturated rings. The van der Waals surface area contributed by atoms with Gasteiger partial charge in [-0.2, -0.15) is 0 Å². The zero-order chi connectivity index (χ0) is 11.5. The summed E-state index contributed by atoms with van der Waals surface area (Å²) < 4.78 is 0. The molecule has 1 aromatic heterocycles. The second kappa shape index (κ2) is 5.13. The van der Waals surface area contributed by atoms with Gasteiger partial charge >= 0.3 is 0 Å². The van der Waals surface area contributed by atoms with Gasteiger partial charge < -0.3 is 5.11 Å². The highest BCUT2D eigenvalue weighted by molar-refractivity contribution is 6.31. The molecule has 2 rings (SSSR count). The van der Waals surface area contributed by atoms with Crippen molar-refractivity contribution in [1.29, 1.82) is 0 Å². The fraction of sp³-hybridized carbons (Fsp3) is 0.583. The minimum absolute atomic E-state index is 0.210. The van der Waals surface area contributed by atoms with E-state index in [0.29, 0.717) is 5.92 Å². The van der Waals surface area contributed by atoms with Crippen LogP contribution in [0.25, 0.3) is 0 Å². The summed E-state index contributed by atoms with van der Waals surface area (Å²) in [5.41, 5.74) is 1.11. The highest BCUT2D eigenvalue weighted by Crippen LogP contribution is 2.23. The van der Waals surface area contributed by atoms with E-state index in [0.717, 1.165) is 36.6 Å². The van der Waals surface area contributed by atoms with Gasteiger partial charge in [-0.3, -0.25) is 9.88 Å². The molecule has 0 saturated carbocycles. The van der Waals surface area contributed by atoms with Crippen LogP contribution in [0, 0.1) is 5.92 Å². The number of hydrogen-bond acceptors (Lipinski definition) is 3. The fourth-order valence-corrected chi connectivity index (χ4v) is 2.35. The average Bonchev–Trinajstić information content (AvgIpc) is 2.70. The molecule has 0 spiro atoms. The molecule has 0 amide bonds. The van der Waals surface area contributed by atoms with E-state index in [9.17, 15) is 5.11 Å². The van der Waals surface area contributed by atoms with Crippen LogP contribution >= 0.6 is 11.6 Å². The van der Waals surface area contributed by atoms with E-state index in [-0.39, 0.29) is 6.10 Å². The first-order valence-electron chi connectivity index (χ1n) is 5.65. The number of aliphatic hydroxyl groups excluding tert-OH is 1. The van der Waals surface area contributed by atoms with Gasteiger partial charge in [0, 0.05) is 25.5 Å². The topological polar surface area (TPSA) is 36.4 Å². The molecule has 1 N–H and O–H groups in total. The summed E-state index contributed by atoms with van der Waals surface area (Å²) in [5.74, 6) is 0.403. The molecule has 4 heteroatoms. The van der Waals surface area contributed by atoms with Gasteiger partial charge in [0.05, 0.1) is 11.1 Å². The monoisotopic (exact) mass is 240 g/mol. The van der Waals surface area contributed by atoms with E-state index in [1.807, 2.05) is 13.0 Å². The summed E-state index contributed by atoms with van der Waals surface area (Å²) in [6.07, 6.45) is 4.31. The van der Waals surface area contributed by atoms with E-state index in [1.54, 1.807) is 12.4 Å². The largest absolute Gasteiger partial charge is 0.393 e. The number of rotatable bonds is 3. The number of nitrogens with zero attached hydrogens (tertiary/aromatic N) is 2. The maximum absolute atomic E-state index is 9.53. The molecule has 1 saturated heterocycles. The molecule has 2 atom stereocenters. The molecule has 0 aliphatic carbocycles. The van der Waals surface area contributed by atoms with Crippen LogP contribution in [0.1, 0.15) is 18.9 Å². The number of pyridine rings is 1. The van der Waals surface area contributed by atoms with Crippen LogP contribution < -0.4 is 0 Å². The third-order valence-corrected chi connectivity index (χ3v) is 3.58. The van der Waals surface area contributed by atoms with Crippen molar-refractivity contribution in [3.05, 3.63) is 29.0 Å². The normalized spacial score (nSPS) is 23.6. The lowest BCUT2D eigenvalue weighted by atomic mass is 10.0. The van der Waals surface area contributed by atoms with Crippen molar-refractivity contribution in [3.8, 4) is 0 Å². The summed E-state index contributed by atoms with van der Waals surface area (Å²) in [6, 6.07) is 1.96. The lowest BCUT2D eigenvalue weighted by Crippen LogP contribution is -2.24. The Morgan fingerprint density at radius 2 is 2.50 bits per heavy atom. The number of halogens is 1. The maximum atomic E-state index is 9.53. The number of hydrogen-bond donors (Lipinski definition) is 1. The highest BCUT2D eigenvalue weighted by atomic mass is 35.5. The summed E-state index contributed by atoms with van der Waals surface area (Å²) in [4.78, 5) is 6.30. The van der Waals surface area contributed by atoms with Gasteiger partial charge in [-0.05, 0) is 37.4 Å². The van der Waals surface area contributed by atoms with Crippen molar-refractivity contribution in [2.75, 3.05) is 13.1 Å². The SMILES string of the molecule is CC(O)C1CCN(Cc2ccncc2Cl)C1. The van der Waals surface area contributed by atoms with Crippen LogP contribution in [-0.4, -0.2) is 34.2 Å². The second-order valence-electron chi connectivity index (χ2n) is 4.49. The fourth-order valence-electron chi connectivity index (χ4n) is 2.17.